The number of unbranched alkanes of at least 4 members (excludes halogenated alkanes) is 2. The van der Waals surface area contributed by atoms with Crippen LogP contribution in [-0.2, 0) is 0 Å². The van der Waals surface area contributed by atoms with E-state index in [1.807, 2.05) is 18.2 Å². The standard InChI is InChI=1S/C17H22N2S/c20-14-6-2-5-13-18-15-9-11-17(12-10-15)19-16-7-3-1-4-8-16/h1,3-4,7-12,18-20H,2,5-6,13-14H2. The molecule has 0 fully saturated rings. The van der Waals surface area contributed by atoms with Crippen molar-refractivity contribution < 1.29 is 0 Å². The van der Waals surface area contributed by atoms with E-state index in [0.717, 1.165) is 23.7 Å². The van der Waals surface area contributed by atoms with Gasteiger partial charge in [0.1, 0.15) is 0 Å². The first kappa shape index (κ1) is 14.8. The summed E-state index contributed by atoms with van der Waals surface area (Å²) in [4.78, 5) is 0. The Bertz CT molecular complexity index is 482. The molecule has 20 heavy (non-hydrogen) atoms. The predicted molar refractivity (Wildman–Crippen MR) is 92.4 cm³/mol. The second-order valence-electron chi connectivity index (χ2n) is 4.78. The molecule has 0 spiro atoms. The zero-order valence-corrected chi connectivity index (χ0v) is 12.6. The molecule has 2 aromatic rings. The molecule has 0 heterocycles. The average Bonchev–Trinajstić information content (AvgIpc) is 2.50. The van der Waals surface area contributed by atoms with Crippen LogP contribution in [0, 0.1) is 0 Å². The van der Waals surface area contributed by atoms with E-state index in [4.69, 9.17) is 0 Å². The molecule has 2 rings (SSSR count). The van der Waals surface area contributed by atoms with E-state index in [2.05, 4.69) is 59.7 Å². The number of benzene rings is 2. The van der Waals surface area contributed by atoms with E-state index in [0.29, 0.717) is 0 Å². The number of hydrogen-bond donors (Lipinski definition) is 3. The lowest BCUT2D eigenvalue weighted by atomic mass is 10.2. The molecule has 3 heteroatoms. The Balaban J connectivity index is 1.78. The normalized spacial score (nSPS) is 10.2. The Labute approximate surface area is 127 Å². The van der Waals surface area contributed by atoms with E-state index in [-0.39, 0.29) is 0 Å². The lowest BCUT2D eigenvalue weighted by Crippen LogP contribution is -2.01. The summed E-state index contributed by atoms with van der Waals surface area (Å²) in [6.45, 7) is 1.03. The van der Waals surface area contributed by atoms with Crippen LogP contribution in [0.3, 0.4) is 0 Å². The SMILES string of the molecule is SCCCCCNc1ccc(Nc2ccccc2)cc1. The van der Waals surface area contributed by atoms with Crippen LogP contribution in [-0.4, -0.2) is 12.3 Å². The lowest BCUT2D eigenvalue weighted by molar-refractivity contribution is 0.750. The lowest BCUT2D eigenvalue weighted by Gasteiger charge is -2.09. The maximum Gasteiger partial charge on any atom is 0.0385 e. The third kappa shape index (κ3) is 5.17. The number of para-hydroxylation sites is 1. The average molecular weight is 286 g/mol. The minimum Gasteiger partial charge on any atom is -0.385 e. The summed E-state index contributed by atoms with van der Waals surface area (Å²) in [6, 6.07) is 18.6. The van der Waals surface area contributed by atoms with Gasteiger partial charge in [-0.2, -0.15) is 12.6 Å². The summed E-state index contributed by atoms with van der Waals surface area (Å²) in [6.07, 6.45) is 3.64. The van der Waals surface area contributed by atoms with E-state index in [1.54, 1.807) is 0 Å². The molecule has 2 aromatic carbocycles. The molecular weight excluding hydrogens is 264 g/mol. The van der Waals surface area contributed by atoms with Crippen molar-refractivity contribution in [1.82, 2.24) is 0 Å². The number of thiol groups is 1. The minimum absolute atomic E-state index is 0.986. The van der Waals surface area contributed by atoms with Gasteiger partial charge in [0.15, 0.2) is 0 Å². The maximum absolute atomic E-state index is 4.22. The monoisotopic (exact) mass is 286 g/mol. The first-order valence-corrected chi connectivity index (χ1v) is 7.78. The Kier molecular flexibility index (Phi) is 6.32. The van der Waals surface area contributed by atoms with Crippen LogP contribution < -0.4 is 10.6 Å². The molecule has 0 aliphatic carbocycles. The molecule has 106 valence electrons. The van der Waals surface area contributed by atoms with Crippen LogP contribution in [0.15, 0.2) is 54.6 Å². The fraction of sp³-hybridized carbons (Fsp3) is 0.294. The van der Waals surface area contributed by atoms with Gasteiger partial charge in [-0.15, -0.1) is 0 Å². The second-order valence-corrected chi connectivity index (χ2v) is 5.23. The van der Waals surface area contributed by atoms with Crippen LogP contribution >= 0.6 is 12.6 Å². The first-order valence-electron chi connectivity index (χ1n) is 7.15. The minimum atomic E-state index is 0.986. The van der Waals surface area contributed by atoms with E-state index in [9.17, 15) is 0 Å². The summed E-state index contributed by atoms with van der Waals surface area (Å²) in [7, 11) is 0. The number of rotatable bonds is 8. The molecule has 0 amide bonds. The molecule has 0 saturated carbocycles. The van der Waals surface area contributed by atoms with E-state index >= 15 is 0 Å². The van der Waals surface area contributed by atoms with Crippen molar-refractivity contribution in [1.29, 1.82) is 0 Å². The Morgan fingerprint density at radius 3 is 2.05 bits per heavy atom. The van der Waals surface area contributed by atoms with Crippen LogP contribution in [0.5, 0.6) is 0 Å². The third-order valence-electron chi connectivity index (χ3n) is 3.11. The van der Waals surface area contributed by atoms with Crippen LogP contribution in [0.2, 0.25) is 0 Å². The second kappa shape index (κ2) is 8.54. The van der Waals surface area contributed by atoms with Crippen LogP contribution in [0.25, 0.3) is 0 Å². The topological polar surface area (TPSA) is 24.1 Å². The van der Waals surface area contributed by atoms with Gasteiger partial charge in [0, 0.05) is 23.6 Å². The third-order valence-corrected chi connectivity index (χ3v) is 3.43. The Morgan fingerprint density at radius 1 is 0.700 bits per heavy atom. The highest BCUT2D eigenvalue weighted by atomic mass is 32.1. The maximum atomic E-state index is 4.22. The highest BCUT2D eigenvalue weighted by Gasteiger charge is 1.95. The van der Waals surface area contributed by atoms with Gasteiger partial charge in [0.2, 0.25) is 0 Å². The van der Waals surface area contributed by atoms with Crippen LogP contribution in [0.4, 0.5) is 17.1 Å². The van der Waals surface area contributed by atoms with Crippen molar-refractivity contribution in [2.75, 3.05) is 22.9 Å². The van der Waals surface area contributed by atoms with Gasteiger partial charge in [-0.3, -0.25) is 0 Å². The first-order chi connectivity index (χ1) is 9.88. The molecule has 0 aliphatic rings. The van der Waals surface area contributed by atoms with E-state index < -0.39 is 0 Å². The number of hydrogen-bond acceptors (Lipinski definition) is 3. The molecule has 0 aliphatic heterocycles. The smallest absolute Gasteiger partial charge is 0.0385 e. The van der Waals surface area contributed by atoms with Gasteiger partial charge < -0.3 is 10.6 Å². The van der Waals surface area contributed by atoms with Crippen molar-refractivity contribution >= 4 is 29.7 Å². The van der Waals surface area contributed by atoms with Crippen molar-refractivity contribution in [2.45, 2.75) is 19.3 Å². The molecule has 0 bridgehead atoms. The molecule has 0 atom stereocenters. The van der Waals surface area contributed by atoms with Gasteiger partial charge in [0.25, 0.3) is 0 Å². The van der Waals surface area contributed by atoms with Gasteiger partial charge in [-0.1, -0.05) is 24.6 Å². The zero-order chi connectivity index (χ0) is 14.0. The van der Waals surface area contributed by atoms with Crippen molar-refractivity contribution in [3.05, 3.63) is 54.6 Å². The van der Waals surface area contributed by atoms with Crippen molar-refractivity contribution in [3.8, 4) is 0 Å². The highest BCUT2D eigenvalue weighted by molar-refractivity contribution is 7.80. The Hall–Kier alpha value is -1.61. The van der Waals surface area contributed by atoms with E-state index in [1.165, 1.54) is 24.9 Å². The predicted octanol–water partition coefficient (Wildman–Crippen LogP) is 4.94. The van der Waals surface area contributed by atoms with Crippen molar-refractivity contribution in [2.24, 2.45) is 0 Å². The van der Waals surface area contributed by atoms with Gasteiger partial charge in [-0.05, 0) is 55.0 Å². The Morgan fingerprint density at radius 2 is 1.35 bits per heavy atom. The molecule has 0 radical (unpaired) electrons. The quantitative estimate of drug-likeness (QED) is 0.473. The molecule has 2 N–H and O–H groups in total. The molecule has 0 saturated heterocycles. The van der Waals surface area contributed by atoms with Crippen LogP contribution in [0.1, 0.15) is 19.3 Å². The summed E-state index contributed by atoms with van der Waals surface area (Å²) in [5.41, 5.74) is 3.39. The fourth-order valence-corrected chi connectivity index (χ4v) is 2.23. The molecule has 2 nitrogen and oxygen atoms in total. The molecule has 0 aromatic heterocycles. The molecular formula is C17H22N2S. The summed E-state index contributed by atoms with van der Waals surface area (Å²) < 4.78 is 0. The van der Waals surface area contributed by atoms with Gasteiger partial charge >= 0.3 is 0 Å². The number of anilines is 3. The fourth-order valence-electron chi connectivity index (χ4n) is 2.01. The largest absolute Gasteiger partial charge is 0.385 e. The number of nitrogens with one attached hydrogen (secondary N) is 2. The summed E-state index contributed by atoms with van der Waals surface area (Å²) in [5, 5.41) is 6.82. The van der Waals surface area contributed by atoms with Crippen molar-refractivity contribution in [3.63, 3.8) is 0 Å². The van der Waals surface area contributed by atoms with Gasteiger partial charge in [0.05, 0.1) is 0 Å². The zero-order valence-electron chi connectivity index (χ0n) is 11.7. The molecule has 0 unspecified atom stereocenters. The summed E-state index contributed by atoms with van der Waals surface area (Å²) in [5.74, 6) is 0.986. The van der Waals surface area contributed by atoms with Gasteiger partial charge in [-0.25, -0.2) is 0 Å². The highest BCUT2D eigenvalue weighted by Crippen LogP contribution is 2.18. The summed E-state index contributed by atoms with van der Waals surface area (Å²) >= 11 is 4.22.